The number of halogens is 1. The van der Waals surface area contributed by atoms with E-state index in [9.17, 15) is 9.18 Å². The van der Waals surface area contributed by atoms with E-state index in [1.54, 1.807) is 24.1 Å². The van der Waals surface area contributed by atoms with E-state index in [-0.39, 0.29) is 11.7 Å². The number of nitrogens with zero attached hydrogens (tertiary/aromatic N) is 5. The van der Waals surface area contributed by atoms with Gasteiger partial charge >= 0.3 is 0 Å². The van der Waals surface area contributed by atoms with E-state index in [2.05, 4.69) is 25.9 Å². The van der Waals surface area contributed by atoms with E-state index in [0.717, 1.165) is 17.1 Å². The topological polar surface area (TPSA) is 97.2 Å². The lowest BCUT2D eigenvalue weighted by Gasteiger charge is -2.28. The van der Waals surface area contributed by atoms with Gasteiger partial charge < -0.3 is 20.3 Å². The Kier molecular flexibility index (Phi) is 5.21. The van der Waals surface area contributed by atoms with Crippen molar-refractivity contribution in [2.45, 2.75) is 20.0 Å². The average molecular weight is 411 g/mol. The van der Waals surface area contributed by atoms with Crippen molar-refractivity contribution in [1.82, 2.24) is 20.0 Å². The Morgan fingerprint density at radius 3 is 2.97 bits per heavy atom. The van der Waals surface area contributed by atoms with Crippen molar-refractivity contribution in [3.63, 3.8) is 0 Å². The molecule has 0 saturated carbocycles. The second-order valence-electron chi connectivity index (χ2n) is 7.11. The summed E-state index contributed by atoms with van der Waals surface area (Å²) in [4.78, 5) is 18.1. The zero-order chi connectivity index (χ0) is 21.3. The van der Waals surface area contributed by atoms with Crippen LogP contribution in [-0.4, -0.2) is 46.6 Å². The second-order valence-corrected chi connectivity index (χ2v) is 7.11. The highest BCUT2D eigenvalue weighted by molar-refractivity contribution is 6.02. The number of carbonyl (C=O) groups is 1. The maximum Gasteiger partial charge on any atom is 0.243 e. The van der Waals surface area contributed by atoms with Crippen molar-refractivity contribution in [2.24, 2.45) is 0 Å². The molecule has 1 aliphatic heterocycles. The summed E-state index contributed by atoms with van der Waals surface area (Å²) >= 11 is 0. The highest BCUT2D eigenvalue weighted by Crippen LogP contribution is 2.32. The molecule has 0 aliphatic carbocycles. The minimum atomic E-state index is -0.331. The number of hydrogen-bond donors (Lipinski definition) is 2. The summed E-state index contributed by atoms with van der Waals surface area (Å²) in [7, 11) is 3.41. The van der Waals surface area contributed by atoms with E-state index in [1.165, 1.54) is 12.1 Å². The molecular weight excluding hydrogens is 389 g/mol. The summed E-state index contributed by atoms with van der Waals surface area (Å²) in [5, 5.41) is 14.4. The zero-order valence-corrected chi connectivity index (χ0v) is 16.9. The minimum absolute atomic E-state index is 0.0536. The molecule has 30 heavy (non-hydrogen) atoms. The van der Waals surface area contributed by atoms with Crippen LogP contribution in [0.4, 0.5) is 21.6 Å². The number of fused-ring (bicyclic) bond motifs is 1. The van der Waals surface area contributed by atoms with Gasteiger partial charge in [-0.05, 0) is 25.1 Å². The van der Waals surface area contributed by atoms with E-state index < -0.39 is 0 Å². The SMILES string of the molecule is COc1ccc(F)cc1Cn1cc(CNc2cc3c(c(C)n2)NC(=O)CN3C)nn1. The van der Waals surface area contributed by atoms with Crippen molar-refractivity contribution >= 4 is 23.1 Å². The van der Waals surface area contributed by atoms with Gasteiger partial charge in [-0.1, -0.05) is 5.21 Å². The average Bonchev–Trinajstić information content (AvgIpc) is 3.15. The molecule has 0 saturated heterocycles. The molecule has 4 rings (SSSR count). The molecule has 0 radical (unpaired) electrons. The van der Waals surface area contributed by atoms with Crippen molar-refractivity contribution in [1.29, 1.82) is 0 Å². The van der Waals surface area contributed by atoms with Gasteiger partial charge in [0.05, 0.1) is 50.0 Å². The van der Waals surface area contributed by atoms with Crippen LogP contribution in [0.2, 0.25) is 0 Å². The molecule has 0 fully saturated rings. The van der Waals surface area contributed by atoms with Crippen LogP contribution in [0, 0.1) is 12.7 Å². The first-order chi connectivity index (χ1) is 14.4. The van der Waals surface area contributed by atoms with Crippen LogP contribution >= 0.6 is 0 Å². The van der Waals surface area contributed by atoms with Gasteiger partial charge in [-0.3, -0.25) is 4.79 Å². The summed E-state index contributed by atoms with van der Waals surface area (Å²) in [6.45, 7) is 2.91. The van der Waals surface area contributed by atoms with Crippen LogP contribution in [0.5, 0.6) is 5.75 Å². The molecule has 156 valence electrons. The van der Waals surface area contributed by atoms with E-state index in [4.69, 9.17) is 4.74 Å². The normalized spacial score (nSPS) is 13.1. The van der Waals surface area contributed by atoms with Gasteiger partial charge in [-0.15, -0.1) is 5.10 Å². The molecule has 9 nitrogen and oxygen atoms in total. The molecule has 3 aromatic rings. The first-order valence-corrected chi connectivity index (χ1v) is 9.41. The number of methoxy groups -OCH3 is 1. The molecule has 0 bridgehead atoms. The first-order valence-electron chi connectivity index (χ1n) is 9.41. The molecule has 10 heteroatoms. The van der Waals surface area contributed by atoms with E-state index in [1.807, 2.05) is 24.9 Å². The maximum atomic E-state index is 13.6. The number of hydrogen-bond acceptors (Lipinski definition) is 7. The first kappa shape index (κ1) is 19.6. The molecule has 1 amide bonds. The Morgan fingerprint density at radius 1 is 1.33 bits per heavy atom. The van der Waals surface area contributed by atoms with Crippen molar-refractivity contribution in [2.75, 3.05) is 36.2 Å². The van der Waals surface area contributed by atoms with Gasteiger partial charge in [0.1, 0.15) is 23.1 Å². The fourth-order valence-corrected chi connectivity index (χ4v) is 3.40. The fraction of sp³-hybridized carbons (Fsp3) is 0.300. The number of anilines is 3. The predicted octanol–water partition coefficient (Wildman–Crippen LogP) is 2.18. The number of pyridine rings is 1. The smallest absolute Gasteiger partial charge is 0.243 e. The number of ether oxygens (including phenoxy) is 1. The van der Waals surface area contributed by atoms with Crippen molar-refractivity contribution in [3.05, 3.63) is 53.2 Å². The van der Waals surface area contributed by atoms with Crippen LogP contribution in [0.25, 0.3) is 0 Å². The largest absolute Gasteiger partial charge is 0.496 e. The monoisotopic (exact) mass is 411 g/mol. The highest BCUT2D eigenvalue weighted by Gasteiger charge is 2.22. The molecule has 0 unspecified atom stereocenters. The van der Waals surface area contributed by atoms with Gasteiger partial charge in [0.15, 0.2) is 0 Å². The summed E-state index contributed by atoms with van der Waals surface area (Å²) in [6.07, 6.45) is 1.79. The number of aromatic nitrogens is 4. The summed E-state index contributed by atoms with van der Waals surface area (Å²) in [6, 6.07) is 6.26. The minimum Gasteiger partial charge on any atom is -0.496 e. The second kappa shape index (κ2) is 7.97. The lowest BCUT2D eigenvalue weighted by molar-refractivity contribution is -0.115. The van der Waals surface area contributed by atoms with Crippen LogP contribution in [0.1, 0.15) is 17.0 Å². The third kappa shape index (κ3) is 4.02. The highest BCUT2D eigenvalue weighted by atomic mass is 19.1. The number of benzene rings is 1. The number of amides is 1. The molecule has 0 atom stereocenters. The number of carbonyl (C=O) groups excluding carboxylic acids is 1. The Hall–Kier alpha value is -3.69. The molecule has 3 heterocycles. The lowest BCUT2D eigenvalue weighted by atomic mass is 10.2. The quantitative estimate of drug-likeness (QED) is 0.642. The Labute approximate surface area is 172 Å². The standard InChI is InChI=1S/C20H22FN7O2/c1-12-20-16(27(2)11-19(29)24-20)7-18(23-12)22-8-15-10-28(26-25-15)9-13-6-14(21)4-5-17(13)30-3/h4-7,10H,8-9,11H2,1-3H3,(H,22,23)(H,24,29). The summed E-state index contributed by atoms with van der Waals surface area (Å²) in [5.41, 5.74) is 3.76. The Balaban J connectivity index is 1.45. The molecule has 2 aromatic heterocycles. The molecule has 1 aromatic carbocycles. The van der Waals surface area contributed by atoms with E-state index >= 15 is 0 Å². The van der Waals surface area contributed by atoms with Gasteiger partial charge in [0.2, 0.25) is 5.91 Å². The third-order valence-electron chi connectivity index (χ3n) is 4.85. The zero-order valence-electron chi connectivity index (χ0n) is 16.9. The van der Waals surface area contributed by atoms with Crippen LogP contribution in [-0.2, 0) is 17.9 Å². The summed E-state index contributed by atoms with van der Waals surface area (Å²) in [5.74, 6) is 0.886. The number of rotatable bonds is 6. The van der Waals surface area contributed by atoms with Gasteiger partial charge in [-0.2, -0.15) is 0 Å². The predicted molar refractivity (Wildman–Crippen MR) is 110 cm³/mol. The number of aryl methyl sites for hydroxylation is 1. The lowest BCUT2D eigenvalue weighted by Crippen LogP contribution is -2.36. The molecule has 1 aliphatic rings. The molecule has 2 N–H and O–H groups in total. The van der Waals surface area contributed by atoms with Crippen molar-refractivity contribution < 1.29 is 13.9 Å². The van der Waals surface area contributed by atoms with Crippen LogP contribution in [0.15, 0.2) is 30.5 Å². The maximum absolute atomic E-state index is 13.6. The van der Waals surface area contributed by atoms with Crippen LogP contribution in [0.3, 0.4) is 0 Å². The van der Waals surface area contributed by atoms with Crippen LogP contribution < -0.4 is 20.3 Å². The van der Waals surface area contributed by atoms with Gasteiger partial charge in [0, 0.05) is 18.7 Å². The third-order valence-corrected chi connectivity index (χ3v) is 4.85. The summed E-state index contributed by atoms with van der Waals surface area (Å²) < 4.78 is 20.5. The fourth-order valence-electron chi connectivity index (χ4n) is 3.40. The Bertz CT molecular complexity index is 1100. The van der Waals surface area contributed by atoms with Crippen molar-refractivity contribution in [3.8, 4) is 5.75 Å². The Morgan fingerprint density at radius 2 is 2.17 bits per heavy atom. The number of likely N-dealkylation sites (N-methyl/N-ethyl adjacent to an activating group) is 1. The van der Waals surface area contributed by atoms with Gasteiger partial charge in [-0.25, -0.2) is 14.1 Å². The van der Waals surface area contributed by atoms with Gasteiger partial charge in [0.25, 0.3) is 0 Å². The number of nitrogens with one attached hydrogen (secondary N) is 2. The van der Waals surface area contributed by atoms with E-state index in [0.29, 0.717) is 42.5 Å². The molecular formula is C20H22FN7O2. The molecule has 0 spiro atoms.